The highest BCUT2D eigenvalue weighted by Crippen LogP contribution is 2.37. The Morgan fingerprint density at radius 2 is 2.26 bits per heavy atom. The number of methoxy groups -OCH3 is 1. The van der Waals surface area contributed by atoms with E-state index >= 15 is 0 Å². The molecule has 0 spiro atoms. The van der Waals surface area contributed by atoms with Crippen molar-refractivity contribution in [2.45, 2.75) is 31.6 Å². The second kappa shape index (κ2) is 6.80. The zero-order valence-electron chi connectivity index (χ0n) is 13.4. The number of likely N-dealkylation sites (tertiary alicyclic amines) is 1. The van der Waals surface area contributed by atoms with Gasteiger partial charge < -0.3 is 14.2 Å². The molecule has 0 radical (unpaired) electrons. The fraction of sp³-hybridized carbons (Fsp3) is 0.562. The minimum absolute atomic E-state index is 0.107. The number of amides is 1. The number of carbonyl (C=O) groups excluding carboxylic acids is 1. The SMILES string of the molecule is COCCC1(c2noc(C)n2)CCN(C(=O)c2ccsc2)CC1. The fourth-order valence-corrected chi connectivity index (χ4v) is 3.73. The predicted molar refractivity (Wildman–Crippen MR) is 86.7 cm³/mol. The zero-order valence-corrected chi connectivity index (χ0v) is 14.3. The third-order valence-corrected chi connectivity index (χ3v) is 5.25. The molecular weight excluding hydrogens is 314 g/mol. The van der Waals surface area contributed by atoms with Gasteiger partial charge >= 0.3 is 0 Å². The quantitative estimate of drug-likeness (QED) is 0.840. The maximum Gasteiger partial charge on any atom is 0.254 e. The zero-order chi connectivity index (χ0) is 16.3. The average Bonchev–Trinajstić information content (AvgIpc) is 3.24. The number of hydrogen-bond donors (Lipinski definition) is 0. The van der Waals surface area contributed by atoms with Gasteiger partial charge in [0.2, 0.25) is 5.89 Å². The van der Waals surface area contributed by atoms with Crippen molar-refractivity contribution in [2.75, 3.05) is 26.8 Å². The molecule has 3 rings (SSSR count). The maximum absolute atomic E-state index is 12.5. The number of thiophene rings is 1. The Kier molecular flexibility index (Phi) is 4.77. The van der Waals surface area contributed by atoms with Crippen LogP contribution in [-0.4, -0.2) is 47.8 Å². The van der Waals surface area contributed by atoms with Gasteiger partial charge in [-0.3, -0.25) is 4.79 Å². The summed E-state index contributed by atoms with van der Waals surface area (Å²) in [5.74, 6) is 1.43. The molecule has 1 aliphatic heterocycles. The molecule has 2 aromatic rings. The molecule has 1 fully saturated rings. The van der Waals surface area contributed by atoms with Crippen LogP contribution in [0.5, 0.6) is 0 Å². The summed E-state index contributed by atoms with van der Waals surface area (Å²) in [6, 6.07) is 1.88. The van der Waals surface area contributed by atoms with Crippen LogP contribution in [0.4, 0.5) is 0 Å². The van der Waals surface area contributed by atoms with Gasteiger partial charge in [0.25, 0.3) is 5.91 Å². The van der Waals surface area contributed by atoms with Crippen molar-refractivity contribution in [3.8, 4) is 0 Å². The molecule has 1 aliphatic rings. The van der Waals surface area contributed by atoms with E-state index in [1.807, 2.05) is 21.7 Å². The summed E-state index contributed by atoms with van der Waals surface area (Å²) in [5, 5.41) is 7.97. The van der Waals surface area contributed by atoms with Crippen LogP contribution in [0.1, 0.15) is 41.3 Å². The minimum atomic E-state index is -0.167. The second-order valence-corrected chi connectivity index (χ2v) is 6.74. The van der Waals surface area contributed by atoms with Crippen molar-refractivity contribution < 1.29 is 14.1 Å². The molecule has 3 heterocycles. The summed E-state index contributed by atoms with van der Waals surface area (Å²) in [4.78, 5) is 18.8. The molecule has 6 nitrogen and oxygen atoms in total. The molecule has 23 heavy (non-hydrogen) atoms. The molecule has 0 N–H and O–H groups in total. The van der Waals surface area contributed by atoms with Gasteiger partial charge in [-0.25, -0.2) is 0 Å². The van der Waals surface area contributed by atoms with E-state index in [0.29, 0.717) is 25.6 Å². The lowest BCUT2D eigenvalue weighted by Gasteiger charge is -2.39. The molecule has 0 bridgehead atoms. The number of ether oxygens (including phenoxy) is 1. The van der Waals surface area contributed by atoms with E-state index in [0.717, 1.165) is 30.7 Å². The third-order valence-electron chi connectivity index (χ3n) is 4.56. The van der Waals surface area contributed by atoms with Crippen LogP contribution in [0.25, 0.3) is 0 Å². The number of carbonyl (C=O) groups is 1. The molecule has 2 aromatic heterocycles. The lowest BCUT2D eigenvalue weighted by atomic mass is 9.75. The van der Waals surface area contributed by atoms with Crippen LogP contribution in [0.3, 0.4) is 0 Å². The fourth-order valence-electron chi connectivity index (χ4n) is 3.10. The van der Waals surface area contributed by atoms with Crippen LogP contribution >= 0.6 is 11.3 Å². The summed E-state index contributed by atoms with van der Waals surface area (Å²) >= 11 is 1.55. The van der Waals surface area contributed by atoms with E-state index in [9.17, 15) is 4.79 Å². The molecule has 7 heteroatoms. The highest BCUT2D eigenvalue weighted by Gasteiger charge is 2.41. The Labute approximate surface area is 139 Å². The van der Waals surface area contributed by atoms with Gasteiger partial charge in [-0.15, -0.1) is 0 Å². The van der Waals surface area contributed by atoms with E-state index in [4.69, 9.17) is 9.26 Å². The smallest absolute Gasteiger partial charge is 0.254 e. The van der Waals surface area contributed by atoms with Gasteiger partial charge in [-0.05, 0) is 30.7 Å². The number of hydrogen-bond acceptors (Lipinski definition) is 6. The molecule has 0 aliphatic carbocycles. The predicted octanol–water partition coefficient (Wildman–Crippen LogP) is 2.65. The number of nitrogens with zero attached hydrogens (tertiary/aromatic N) is 3. The van der Waals surface area contributed by atoms with E-state index in [1.54, 1.807) is 25.4 Å². The summed E-state index contributed by atoms with van der Waals surface area (Å²) in [6.45, 7) is 3.85. The summed E-state index contributed by atoms with van der Waals surface area (Å²) < 4.78 is 10.4. The van der Waals surface area contributed by atoms with Crippen molar-refractivity contribution >= 4 is 17.2 Å². The van der Waals surface area contributed by atoms with Crippen LogP contribution in [0, 0.1) is 6.92 Å². The first-order chi connectivity index (χ1) is 11.1. The largest absolute Gasteiger partial charge is 0.385 e. The average molecular weight is 335 g/mol. The Balaban J connectivity index is 1.73. The molecule has 0 unspecified atom stereocenters. The van der Waals surface area contributed by atoms with Gasteiger partial charge in [0.05, 0.1) is 5.56 Å². The lowest BCUT2D eigenvalue weighted by Crippen LogP contribution is -2.46. The van der Waals surface area contributed by atoms with Crippen LogP contribution in [0.2, 0.25) is 0 Å². The van der Waals surface area contributed by atoms with Crippen LogP contribution in [0.15, 0.2) is 21.3 Å². The molecule has 0 atom stereocenters. The van der Waals surface area contributed by atoms with Crippen molar-refractivity contribution in [3.63, 3.8) is 0 Å². The van der Waals surface area contributed by atoms with E-state index in [2.05, 4.69) is 10.1 Å². The second-order valence-electron chi connectivity index (χ2n) is 5.96. The highest BCUT2D eigenvalue weighted by molar-refractivity contribution is 7.08. The van der Waals surface area contributed by atoms with Crippen molar-refractivity contribution in [1.29, 1.82) is 0 Å². The highest BCUT2D eigenvalue weighted by atomic mass is 32.1. The maximum atomic E-state index is 12.5. The summed E-state index contributed by atoms with van der Waals surface area (Å²) in [5.41, 5.74) is 0.605. The van der Waals surface area contributed by atoms with Crippen LogP contribution in [-0.2, 0) is 10.2 Å². The topological polar surface area (TPSA) is 68.5 Å². The van der Waals surface area contributed by atoms with Crippen LogP contribution < -0.4 is 0 Å². The van der Waals surface area contributed by atoms with Gasteiger partial charge in [0.1, 0.15) is 0 Å². The third kappa shape index (κ3) is 3.30. The van der Waals surface area contributed by atoms with Gasteiger partial charge in [0, 0.05) is 44.5 Å². The van der Waals surface area contributed by atoms with Crippen molar-refractivity contribution in [1.82, 2.24) is 15.0 Å². The van der Waals surface area contributed by atoms with Crippen molar-refractivity contribution in [3.05, 3.63) is 34.1 Å². The van der Waals surface area contributed by atoms with Gasteiger partial charge in [-0.2, -0.15) is 16.3 Å². The Morgan fingerprint density at radius 1 is 1.48 bits per heavy atom. The Hall–Kier alpha value is -1.73. The molecule has 0 saturated carbocycles. The molecule has 124 valence electrons. The van der Waals surface area contributed by atoms with Crippen molar-refractivity contribution in [2.24, 2.45) is 0 Å². The van der Waals surface area contributed by atoms with E-state index < -0.39 is 0 Å². The number of aryl methyl sites for hydroxylation is 1. The normalized spacial score (nSPS) is 17.4. The standard InChI is InChI=1S/C16H21N3O3S/c1-12-17-15(18-22-12)16(6-9-21-2)4-7-19(8-5-16)14(20)13-3-10-23-11-13/h3,10-11H,4-9H2,1-2H3. The minimum Gasteiger partial charge on any atom is -0.385 e. The molecule has 0 aromatic carbocycles. The molecule has 1 amide bonds. The first-order valence-corrected chi connectivity index (χ1v) is 8.70. The van der Waals surface area contributed by atoms with E-state index in [1.165, 1.54) is 0 Å². The van der Waals surface area contributed by atoms with E-state index in [-0.39, 0.29) is 11.3 Å². The lowest BCUT2D eigenvalue weighted by molar-refractivity contribution is 0.0616. The first-order valence-electron chi connectivity index (χ1n) is 7.76. The number of aromatic nitrogens is 2. The molecule has 1 saturated heterocycles. The number of piperidine rings is 1. The van der Waals surface area contributed by atoms with Gasteiger partial charge in [-0.1, -0.05) is 5.16 Å². The number of rotatable bonds is 5. The molecular formula is C16H21N3O3S. The first kappa shape index (κ1) is 16.1. The van der Waals surface area contributed by atoms with Gasteiger partial charge in [0.15, 0.2) is 5.82 Å². The Morgan fingerprint density at radius 3 is 2.83 bits per heavy atom. The summed E-state index contributed by atoms with van der Waals surface area (Å²) in [7, 11) is 1.70. The monoisotopic (exact) mass is 335 g/mol. The Bertz CT molecular complexity index is 645. The summed E-state index contributed by atoms with van der Waals surface area (Å²) in [6.07, 6.45) is 2.49.